The van der Waals surface area contributed by atoms with Crippen LogP contribution in [0.5, 0.6) is 17.2 Å². The largest absolute Gasteiger partial charge is 0.508 e. The van der Waals surface area contributed by atoms with E-state index in [1.54, 1.807) is 0 Å². The summed E-state index contributed by atoms with van der Waals surface area (Å²) in [5.41, 5.74) is 0. The zero-order chi connectivity index (χ0) is 8.43. The highest BCUT2D eigenvalue weighted by Gasteiger charge is 2.07. The Balaban J connectivity index is 3.24. The highest BCUT2D eigenvalue weighted by molar-refractivity contribution is 6.32. The molecule has 3 nitrogen and oxygen atoms in total. The lowest BCUT2D eigenvalue weighted by molar-refractivity contribution is 0.369. The van der Waals surface area contributed by atoms with Crippen molar-refractivity contribution >= 4 is 11.6 Å². The molecular formula is C7H7ClO3. The predicted molar refractivity (Wildman–Crippen MR) is 41.3 cm³/mol. The molecule has 0 fully saturated rings. The van der Waals surface area contributed by atoms with Crippen LogP contribution in [0.1, 0.15) is 0 Å². The molecule has 0 saturated carbocycles. The van der Waals surface area contributed by atoms with Crippen molar-refractivity contribution in [2.75, 3.05) is 7.11 Å². The van der Waals surface area contributed by atoms with Gasteiger partial charge in [-0.25, -0.2) is 0 Å². The topological polar surface area (TPSA) is 49.7 Å². The quantitative estimate of drug-likeness (QED) is 0.638. The zero-order valence-electron chi connectivity index (χ0n) is 5.84. The second kappa shape index (κ2) is 2.88. The molecule has 0 saturated heterocycles. The molecule has 1 aromatic rings. The molecule has 0 unspecified atom stereocenters. The molecule has 0 atom stereocenters. The van der Waals surface area contributed by atoms with Gasteiger partial charge < -0.3 is 14.9 Å². The van der Waals surface area contributed by atoms with Crippen molar-refractivity contribution in [3.8, 4) is 17.2 Å². The first-order chi connectivity index (χ1) is 5.15. The Kier molecular flexibility index (Phi) is 2.10. The summed E-state index contributed by atoms with van der Waals surface area (Å²) >= 11 is 5.51. The van der Waals surface area contributed by atoms with E-state index in [2.05, 4.69) is 0 Å². The minimum absolute atomic E-state index is 0.0374. The Morgan fingerprint density at radius 2 is 2.00 bits per heavy atom. The Morgan fingerprint density at radius 1 is 1.36 bits per heavy atom. The molecule has 1 rings (SSSR count). The van der Waals surface area contributed by atoms with Gasteiger partial charge in [-0.15, -0.1) is 0 Å². The average molecular weight is 175 g/mol. The Hall–Kier alpha value is -1.09. The molecule has 11 heavy (non-hydrogen) atoms. The van der Waals surface area contributed by atoms with Crippen LogP contribution in [0.15, 0.2) is 12.1 Å². The number of benzene rings is 1. The number of phenolic OH excluding ortho intramolecular Hbond substituents is 2. The molecule has 60 valence electrons. The number of halogens is 1. The third kappa shape index (κ3) is 1.49. The number of hydrogen-bond acceptors (Lipinski definition) is 3. The SMILES string of the molecule is COc1cc(O)cc(Cl)c1O. The van der Waals surface area contributed by atoms with E-state index >= 15 is 0 Å². The van der Waals surface area contributed by atoms with Gasteiger partial charge in [-0.05, 0) is 0 Å². The van der Waals surface area contributed by atoms with Gasteiger partial charge in [0, 0.05) is 12.1 Å². The molecule has 1 aromatic carbocycles. The maximum atomic E-state index is 9.15. The first-order valence-corrected chi connectivity index (χ1v) is 3.28. The summed E-state index contributed by atoms with van der Waals surface area (Å²) in [5.74, 6) is -0.0355. The lowest BCUT2D eigenvalue weighted by Gasteiger charge is -2.04. The standard InChI is InChI=1S/C7H7ClO3/c1-11-6-3-4(9)2-5(8)7(6)10/h2-3,9-10H,1H3. The van der Waals surface area contributed by atoms with Gasteiger partial charge >= 0.3 is 0 Å². The molecule has 0 bridgehead atoms. The fourth-order valence-electron chi connectivity index (χ4n) is 0.716. The molecule has 0 aliphatic heterocycles. The smallest absolute Gasteiger partial charge is 0.177 e. The fraction of sp³-hybridized carbons (Fsp3) is 0.143. The van der Waals surface area contributed by atoms with Gasteiger partial charge in [0.15, 0.2) is 11.5 Å². The van der Waals surface area contributed by atoms with Crippen LogP contribution in [0.25, 0.3) is 0 Å². The van der Waals surface area contributed by atoms with Crippen LogP contribution in [0.2, 0.25) is 5.02 Å². The first-order valence-electron chi connectivity index (χ1n) is 2.90. The van der Waals surface area contributed by atoms with E-state index in [1.165, 1.54) is 19.2 Å². The molecule has 0 aromatic heterocycles. The highest BCUT2D eigenvalue weighted by Crippen LogP contribution is 2.36. The van der Waals surface area contributed by atoms with E-state index in [1.807, 2.05) is 0 Å². The normalized spacial score (nSPS) is 9.64. The fourth-order valence-corrected chi connectivity index (χ4v) is 0.921. The van der Waals surface area contributed by atoms with Crippen LogP contribution in [0, 0.1) is 0 Å². The van der Waals surface area contributed by atoms with Gasteiger partial charge in [0.1, 0.15) is 5.75 Å². The van der Waals surface area contributed by atoms with Gasteiger partial charge in [0.25, 0.3) is 0 Å². The van der Waals surface area contributed by atoms with Crippen molar-refractivity contribution in [1.29, 1.82) is 0 Å². The summed E-state index contributed by atoms with van der Waals surface area (Å²) in [6, 6.07) is 2.51. The van der Waals surface area contributed by atoms with Gasteiger partial charge in [0.2, 0.25) is 0 Å². The Morgan fingerprint density at radius 3 is 2.55 bits per heavy atom. The third-order valence-corrected chi connectivity index (χ3v) is 1.52. The summed E-state index contributed by atoms with van der Waals surface area (Å²) in [4.78, 5) is 0. The van der Waals surface area contributed by atoms with Crippen LogP contribution in [0.3, 0.4) is 0 Å². The van der Waals surface area contributed by atoms with E-state index in [9.17, 15) is 0 Å². The van der Waals surface area contributed by atoms with Crippen LogP contribution < -0.4 is 4.74 Å². The zero-order valence-corrected chi connectivity index (χ0v) is 6.59. The van der Waals surface area contributed by atoms with Crippen molar-refractivity contribution in [2.45, 2.75) is 0 Å². The molecule has 0 aliphatic rings. The van der Waals surface area contributed by atoms with E-state index in [-0.39, 0.29) is 22.3 Å². The van der Waals surface area contributed by atoms with Crippen molar-refractivity contribution < 1.29 is 14.9 Å². The van der Waals surface area contributed by atoms with Crippen molar-refractivity contribution in [3.63, 3.8) is 0 Å². The van der Waals surface area contributed by atoms with Crippen LogP contribution in [0.4, 0.5) is 0 Å². The molecule has 0 radical (unpaired) electrons. The molecule has 0 heterocycles. The van der Waals surface area contributed by atoms with Crippen LogP contribution >= 0.6 is 11.6 Å². The summed E-state index contributed by atoms with van der Waals surface area (Å²) in [6.07, 6.45) is 0. The minimum Gasteiger partial charge on any atom is -0.508 e. The number of rotatable bonds is 1. The van der Waals surface area contributed by atoms with Gasteiger partial charge in [0.05, 0.1) is 12.1 Å². The lowest BCUT2D eigenvalue weighted by Crippen LogP contribution is -1.83. The maximum absolute atomic E-state index is 9.15. The van der Waals surface area contributed by atoms with E-state index in [0.717, 1.165) is 0 Å². The summed E-state index contributed by atoms with van der Waals surface area (Å²) in [5, 5.41) is 18.2. The van der Waals surface area contributed by atoms with E-state index in [4.69, 9.17) is 26.6 Å². The monoisotopic (exact) mass is 174 g/mol. The number of aromatic hydroxyl groups is 2. The van der Waals surface area contributed by atoms with E-state index < -0.39 is 0 Å². The summed E-state index contributed by atoms with van der Waals surface area (Å²) in [6.45, 7) is 0. The molecule has 0 amide bonds. The predicted octanol–water partition coefficient (Wildman–Crippen LogP) is 1.76. The summed E-state index contributed by atoms with van der Waals surface area (Å²) < 4.78 is 4.71. The molecule has 4 heteroatoms. The van der Waals surface area contributed by atoms with Crippen molar-refractivity contribution in [1.82, 2.24) is 0 Å². The number of hydrogen-bond donors (Lipinski definition) is 2. The Labute approximate surface area is 68.8 Å². The van der Waals surface area contributed by atoms with Crippen molar-refractivity contribution in [2.24, 2.45) is 0 Å². The first kappa shape index (κ1) is 8.01. The van der Waals surface area contributed by atoms with Crippen LogP contribution in [-0.2, 0) is 0 Å². The number of ether oxygens (including phenoxy) is 1. The minimum atomic E-state index is -0.160. The van der Waals surface area contributed by atoms with Gasteiger partial charge in [-0.1, -0.05) is 11.6 Å². The average Bonchev–Trinajstić information content (AvgIpc) is 1.96. The molecule has 2 N–H and O–H groups in total. The molecular weight excluding hydrogens is 168 g/mol. The van der Waals surface area contributed by atoms with Gasteiger partial charge in [-0.2, -0.15) is 0 Å². The second-order valence-electron chi connectivity index (χ2n) is 1.98. The maximum Gasteiger partial charge on any atom is 0.177 e. The Bertz CT molecular complexity index is 273. The lowest BCUT2D eigenvalue weighted by atomic mass is 10.3. The molecule has 0 aliphatic carbocycles. The van der Waals surface area contributed by atoms with Crippen LogP contribution in [-0.4, -0.2) is 17.3 Å². The number of phenols is 2. The molecule has 0 spiro atoms. The second-order valence-corrected chi connectivity index (χ2v) is 2.39. The summed E-state index contributed by atoms with van der Waals surface area (Å²) in [7, 11) is 1.38. The van der Waals surface area contributed by atoms with Crippen molar-refractivity contribution in [3.05, 3.63) is 17.2 Å². The van der Waals surface area contributed by atoms with Gasteiger partial charge in [-0.3, -0.25) is 0 Å². The van der Waals surface area contributed by atoms with E-state index in [0.29, 0.717) is 0 Å². The third-order valence-electron chi connectivity index (χ3n) is 1.23. The number of methoxy groups -OCH3 is 1. The highest BCUT2D eigenvalue weighted by atomic mass is 35.5.